The van der Waals surface area contributed by atoms with Crippen LogP contribution in [0.5, 0.6) is 5.75 Å². The number of amides is 1. The van der Waals surface area contributed by atoms with Crippen molar-refractivity contribution in [3.8, 4) is 5.75 Å². The second kappa shape index (κ2) is 6.71. The minimum Gasteiger partial charge on any atom is -0.423 e. The molecule has 1 N–H and O–H groups in total. The normalized spacial score (nSPS) is 10.6. The Morgan fingerprint density at radius 1 is 1.17 bits per heavy atom. The van der Waals surface area contributed by atoms with Gasteiger partial charge in [0.25, 0.3) is 0 Å². The van der Waals surface area contributed by atoms with Crippen molar-refractivity contribution in [2.24, 2.45) is 0 Å². The van der Waals surface area contributed by atoms with E-state index >= 15 is 0 Å². The molecule has 3 aromatic rings. The average molecular weight is 342 g/mol. The molecular formula is C16H14N4O3S. The van der Waals surface area contributed by atoms with Gasteiger partial charge in [-0.1, -0.05) is 5.21 Å². The molecule has 0 radical (unpaired) electrons. The van der Waals surface area contributed by atoms with Gasteiger partial charge in [0.05, 0.1) is 5.56 Å². The molecule has 0 spiro atoms. The van der Waals surface area contributed by atoms with Crippen LogP contribution < -0.4 is 10.1 Å². The number of ether oxygens (including phenoxy) is 1. The van der Waals surface area contributed by atoms with Gasteiger partial charge in [-0.05, 0) is 48.7 Å². The van der Waals surface area contributed by atoms with Crippen LogP contribution in [0.25, 0.3) is 11.0 Å². The van der Waals surface area contributed by atoms with Gasteiger partial charge in [-0.25, -0.2) is 9.59 Å². The van der Waals surface area contributed by atoms with E-state index in [0.717, 1.165) is 9.58 Å². The van der Waals surface area contributed by atoms with Gasteiger partial charge in [-0.15, -0.1) is 16.9 Å². The van der Waals surface area contributed by atoms with E-state index in [2.05, 4.69) is 15.6 Å². The summed E-state index contributed by atoms with van der Waals surface area (Å²) in [6.45, 7) is 0. The van der Waals surface area contributed by atoms with Crippen LogP contribution in [0.3, 0.4) is 0 Å². The van der Waals surface area contributed by atoms with Crippen LogP contribution >= 0.6 is 11.8 Å². The third kappa shape index (κ3) is 3.09. The van der Waals surface area contributed by atoms with Gasteiger partial charge in [-0.2, -0.15) is 4.68 Å². The highest BCUT2D eigenvalue weighted by atomic mass is 32.2. The van der Waals surface area contributed by atoms with Crippen molar-refractivity contribution in [3.05, 3.63) is 48.0 Å². The number of nitrogens with one attached hydrogen (secondary N) is 1. The highest BCUT2D eigenvalue weighted by Gasteiger charge is 2.15. The summed E-state index contributed by atoms with van der Waals surface area (Å²) in [4.78, 5) is 25.1. The molecule has 2 aromatic carbocycles. The minimum absolute atomic E-state index is 0.309. The first-order valence-electron chi connectivity index (χ1n) is 7.06. The number of thioether (sulfide) groups is 1. The Labute approximate surface area is 142 Å². The summed E-state index contributed by atoms with van der Waals surface area (Å²) in [6, 6.07) is 11.5. The number of carbonyl (C=O) groups excluding carboxylic acids is 2. The van der Waals surface area contributed by atoms with Crippen molar-refractivity contribution in [2.75, 3.05) is 13.3 Å². The van der Waals surface area contributed by atoms with Crippen molar-refractivity contribution < 1.29 is 14.3 Å². The fourth-order valence-electron chi connectivity index (χ4n) is 2.11. The maximum absolute atomic E-state index is 12.3. The molecule has 0 unspecified atom stereocenters. The predicted molar refractivity (Wildman–Crippen MR) is 90.6 cm³/mol. The molecule has 1 aromatic heterocycles. The van der Waals surface area contributed by atoms with E-state index in [4.69, 9.17) is 4.74 Å². The van der Waals surface area contributed by atoms with Gasteiger partial charge in [0, 0.05) is 11.9 Å². The van der Waals surface area contributed by atoms with Gasteiger partial charge in [-0.3, -0.25) is 0 Å². The Morgan fingerprint density at radius 2 is 1.92 bits per heavy atom. The second-order valence-electron chi connectivity index (χ2n) is 4.82. The zero-order valence-electron chi connectivity index (χ0n) is 13.0. The van der Waals surface area contributed by atoms with Gasteiger partial charge in [0.2, 0.25) is 0 Å². The van der Waals surface area contributed by atoms with E-state index in [1.54, 1.807) is 36.0 Å². The Balaban J connectivity index is 1.87. The van der Waals surface area contributed by atoms with Crippen molar-refractivity contribution >= 4 is 34.8 Å². The quantitative estimate of drug-likeness (QED) is 0.447. The molecule has 1 amide bonds. The summed E-state index contributed by atoms with van der Waals surface area (Å²) in [7, 11) is 1.49. The standard InChI is InChI=1S/C16H14N4O3S/c1-17-16(22)20-14-9-10(3-8-13(14)18-19-20)15(21)23-11-4-6-12(24-2)7-5-11/h3-9H,1-2H3,(H,17,22). The van der Waals surface area contributed by atoms with Crippen molar-refractivity contribution in [2.45, 2.75) is 4.90 Å². The molecule has 8 heteroatoms. The van der Waals surface area contributed by atoms with E-state index in [1.807, 2.05) is 18.4 Å². The number of rotatable bonds is 3. The fraction of sp³-hybridized carbons (Fsp3) is 0.125. The van der Waals surface area contributed by atoms with E-state index in [-0.39, 0.29) is 0 Å². The van der Waals surface area contributed by atoms with E-state index < -0.39 is 12.0 Å². The largest absolute Gasteiger partial charge is 0.423 e. The number of nitrogens with zero attached hydrogens (tertiary/aromatic N) is 3. The van der Waals surface area contributed by atoms with E-state index in [0.29, 0.717) is 22.3 Å². The summed E-state index contributed by atoms with van der Waals surface area (Å²) < 4.78 is 6.45. The van der Waals surface area contributed by atoms with Crippen LogP contribution in [0.1, 0.15) is 10.4 Å². The Hall–Kier alpha value is -2.87. The number of hydrogen-bond acceptors (Lipinski definition) is 6. The van der Waals surface area contributed by atoms with Crippen molar-refractivity contribution in [3.63, 3.8) is 0 Å². The highest BCUT2D eigenvalue weighted by molar-refractivity contribution is 7.98. The smallest absolute Gasteiger partial charge is 0.343 e. The number of fused-ring (bicyclic) bond motifs is 1. The lowest BCUT2D eigenvalue weighted by Gasteiger charge is -2.05. The second-order valence-corrected chi connectivity index (χ2v) is 5.70. The molecular weight excluding hydrogens is 328 g/mol. The summed E-state index contributed by atoms with van der Waals surface area (Å²) in [6.07, 6.45) is 1.97. The highest BCUT2D eigenvalue weighted by Crippen LogP contribution is 2.20. The number of esters is 1. The molecule has 122 valence electrons. The lowest BCUT2D eigenvalue weighted by atomic mass is 10.2. The third-order valence-electron chi connectivity index (χ3n) is 3.36. The predicted octanol–water partition coefficient (Wildman–Crippen LogP) is 2.56. The maximum Gasteiger partial charge on any atom is 0.343 e. The molecule has 0 bridgehead atoms. The van der Waals surface area contributed by atoms with Gasteiger partial charge >= 0.3 is 12.0 Å². The first-order valence-corrected chi connectivity index (χ1v) is 8.28. The lowest BCUT2D eigenvalue weighted by molar-refractivity contribution is 0.0735. The summed E-state index contributed by atoms with van der Waals surface area (Å²) >= 11 is 1.61. The summed E-state index contributed by atoms with van der Waals surface area (Å²) in [5.74, 6) is -0.0608. The topological polar surface area (TPSA) is 86.1 Å². The van der Waals surface area contributed by atoms with Crippen LogP contribution in [0, 0.1) is 0 Å². The molecule has 0 aliphatic heterocycles. The average Bonchev–Trinajstić information content (AvgIpc) is 3.04. The van der Waals surface area contributed by atoms with Gasteiger partial charge < -0.3 is 10.1 Å². The van der Waals surface area contributed by atoms with Crippen LogP contribution in [0.2, 0.25) is 0 Å². The van der Waals surface area contributed by atoms with Crippen molar-refractivity contribution in [1.29, 1.82) is 0 Å². The molecule has 0 saturated heterocycles. The van der Waals surface area contributed by atoms with Crippen LogP contribution in [-0.2, 0) is 0 Å². The zero-order valence-corrected chi connectivity index (χ0v) is 13.8. The van der Waals surface area contributed by atoms with Gasteiger partial charge in [0.15, 0.2) is 0 Å². The third-order valence-corrected chi connectivity index (χ3v) is 4.10. The number of carbonyl (C=O) groups is 2. The van der Waals surface area contributed by atoms with Gasteiger partial charge in [0.1, 0.15) is 16.8 Å². The van der Waals surface area contributed by atoms with E-state index in [1.165, 1.54) is 13.1 Å². The molecule has 7 nitrogen and oxygen atoms in total. The molecule has 3 rings (SSSR count). The van der Waals surface area contributed by atoms with Crippen LogP contribution in [-0.4, -0.2) is 40.3 Å². The SMILES string of the molecule is CNC(=O)n1nnc2ccc(C(=O)Oc3ccc(SC)cc3)cc21. The maximum atomic E-state index is 12.3. The lowest BCUT2D eigenvalue weighted by Crippen LogP contribution is -2.25. The Bertz CT molecular complexity index is 905. The first kappa shape index (κ1) is 16.0. The molecule has 0 atom stereocenters. The number of aromatic nitrogens is 3. The Morgan fingerprint density at radius 3 is 2.58 bits per heavy atom. The first-order chi connectivity index (χ1) is 11.6. The summed E-state index contributed by atoms with van der Waals surface area (Å²) in [5, 5.41) is 10.1. The number of hydrogen-bond donors (Lipinski definition) is 1. The Kier molecular flexibility index (Phi) is 4.48. The minimum atomic E-state index is -0.515. The number of benzene rings is 2. The fourth-order valence-corrected chi connectivity index (χ4v) is 2.52. The molecule has 0 aliphatic rings. The molecule has 0 fully saturated rings. The monoisotopic (exact) mass is 342 g/mol. The molecule has 1 heterocycles. The van der Waals surface area contributed by atoms with Crippen molar-refractivity contribution in [1.82, 2.24) is 20.3 Å². The molecule has 0 aliphatic carbocycles. The summed E-state index contributed by atoms with van der Waals surface area (Å²) in [5.41, 5.74) is 1.25. The van der Waals surface area contributed by atoms with E-state index in [9.17, 15) is 9.59 Å². The van der Waals surface area contributed by atoms with Crippen LogP contribution in [0.4, 0.5) is 4.79 Å². The zero-order chi connectivity index (χ0) is 17.1. The van der Waals surface area contributed by atoms with Crippen LogP contribution in [0.15, 0.2) is 47.4 Å². The molecule has 24 heavy (non-hydrogen) atoms. The molecule has 0 saturated carbocycles.